The van der Waals surface area contributed by atoms with E-state index in [2.05, 4.69) is 0 Å². The van der Waals surface area contributed by atoms with Crippen LogP contribution in [0, 0.1) is 5.82 Å². The lowest BCUT2D eigenvalue weighted by Gasteiger charge is -2.33. The molecule has 0 aromatic heterocycles. The molecule has 0 fully saturated rings. The van der Waals surface area contributed by atoms with Gasteiger partial charge in [0.1, 0.15) is 5.82 Å². The number of halogens is 1. The van der Waals surface area contributed by atoms with E-state index in [9.17, 15) is 14.3 Å². The van der Waals surface area contributed by atoms with Crippen molar-refractivity contribution in [2.75, 3.05) is 25.0 Å². The summed E-state index contributed by atoms with van der Waals surface area (Å²) in [6, 6.07) is 4.65. The van der Waals surface area contributed by atoms with Crippen molar-refractivity contribution in [2.45, 2.75) is 38.8 Å². The molecule has 5 heteroatoms. The van der Waals surface area contributed by atoms with Crippen LogP contribution in [-0.4, -0.2) is 42.2 Å². The standard InChI is InChI=1S/C16H23FN2O2/c1-3-4-14(20)11-19-8-7-16(21)18(2)10-12-9-13(17)5-6-15(12)19/h5-6,9,14,20H,3-4,7-8,10-11H2,1-2H3. The lowest BCUT2D eigenvalue weighted by atomic mass is 10.1. The van der Waals surface area contributed by atoms with E-state index in [0.29, 0.717) is 26.1 Å². The summed E-state index contributed by atoms with van der Waals surface area (Å²) in [4.78, 5) is 15.6. The Morgan fingerprint density at radius 1 is 1.43 bits per heavy atom. The highest BCUT2D eigenvalue weighted by Gasteiger charge is 2.22. The Labute approximate surface area is 125 Å². The molecule has 1 unspecified atom stereocenters. The molecule has 1 aliphatic rings. The summed E-state index contributed by atoms with van der Waals surface area (Å²) in [5, 5.41) is 10.1. The third-order valence-electron chi connectivity index (χ3n) is 3.86. The number of anilines is 1. The predicted molar refractivity (Wildman–Crippen MR) is 80.6 cm³/mol. The Balaban J connectivity index is 2.28. The molecule has 1 aliphatic heterocycles. The molecule has 1 aromatic rings. The molecule has 1 heterocycles. The summed E-state index contributed by atoms with van der Waals surface area (Å²) in [7, 11) is 1.73. The summed E-state index contributed by atoms with van der Waals surface area (Å²) in [5.74, 6) is -0.260. The molecule has 4 nitrogen and oxygen atoms in total. The number of β-amino-alcohol motifs (C(OH)–C–C–N with tert-alkyl or cyclic N) is 1. The second-order valence-electron chi connectivity index (χ2n) is 5.66. The topological polar surface area (TPSA) is 43.8 Å². The Kier molecular flexibility index (Phi) is 5.17. The lowest BCUT2D eigenvalue weighted by Crippen LogP contribution is -2.39. The van der Waals surface area contributed by atoms with Gasteiger partial charge in [-0.1, -0.05) is 13.3 Å². The van der Waals surface area contributed by atoms with Crippen LogP contribution in [0.4, 0.5) is 10.1 Å². The van der Waals surface area contributed by atoms with Gasteiger partial charge in [0.05, 0.1) is 6.10 Å². The first-order valence-electron chi connectivity index (χ1n) is 7.46. The number of hydrogen-bond acceptors (Lipinski definition) is 3. The normalized spacial score (nSPS) is 17.2. The quantitative estimate of drug-likeness (QED) is 0.925. The maximum Gasteiger partial charge on any atom is 0.224 e. The van der Waals surface area contributed by atoms with Crippen molar-refractivity contribution in [1.29, 1.82) is 0 Å². The van der Waals surface area contributed by atoms with Gasteiger partial charge in [-0.2, -0.15) is 0 Å². The number of hydrogen-bond donors (Lipinski definition) is 1. The van der Waals surface area contributed by atoms with E-state index < -0.39 is 6.10 Å². The Morgan fingerprint density at radius 3 is 2.90 bits per heavy atom. The van der Waals surface area contributed by atoms with Crippen molar-refractivity contribution >= 4 is 11.6 Å². The van der Waals surface area contributed by atoms with Crippen LogP contribution in [0.15, 0.2) is 18.2 Å². The van der Waals surface area contributed by atoms with Gasteiger partial charge in [-0.3, -0.25) is 4.79 Å². The highest BCUT2D eigenvalue weighted by atomic mass is 19.1. The fourth-order valence-corrected chi connectivity index (χ4v) is 2.74. The number of rotatable bonds is 4. The number of nitrogens with zero attached hydrogens (tertiary/aromatic N) is 2. The summed E-state index contributed by atoms with van der Waals surface area (Å²) in [6.07, 6.45) is 1.61. The molecule has 1 amide bonds. The highest BCUT2D eigenvalue weighted by Crippen LogP contribution is 2.26. The van der Waals surface area contributed by atoms with Crippen molar-refractivity contribution in [3.05, 3.63) is 29.6 Å². The summed E-state index contributed by atoms with van der Waals surface area (Å²) < 4.78 is 13.5. The van der Waals surface area contributed by atoms with Crippen LogP contribution in [0.5, 0.6) is 0 Å². The third kappa shape index (κ3) is 3.94. The molecular formula is C16H23FN2O2. The van der Waals surface area contributed by atoms with Gasteiger partial charge in [0.25, 0.3) is 0 Å². The van der Waals surface area contributed by atoms with E-state index in [4.69, 9.17) is 0 Å². The Bertz CT molecular complexity index is 507. The summed E-state index contributed by atoms with van der Waals surface area (Å²) >= 11 is 0. The van der Waals surface area contributed by atoms with Crippen molar-refractivity contribution in [2.24, 2.45) is 0 Å². The number of carbonyl (C=O) groups excluding carboxylic acids is 1. The Hall–Kier alpha value is -1.62. The van der Waals surface area contributed by atoms with E-state index in [1.807, 2.05) is 11.8 Å². The van der Waals surface area contributed by atoms with Crippen LogP contribution < -0.4 is 4.90 Å². The molecular weight excluding hydrogens is 271 g/mol. The zero-order valence-corrected chi connectivity index (χ0v) is 12.7. The Morgan fingerprint density at radius 2 is 2.19 bits per heavy atom. The van der Waals surface area contributed by atoms with E-state index >= 15 is 0 Å². The van der Waals surface area contributed by atoms with Gasteiger partial charge >= 0.3 is 0 Å². The van der Waals surface area contributed by atoms with Gasteiger partial charge in [0.15, 0.2) is 0 Å². The molecule has 0 spiro atoms. The molecule has 116 valence electrons. The molecule has 1 aromatic carbocycles. The van der Waals surface area contributed by atoms with E-state index in [1.165, 1.54) is 12.1 Å². The van der Waals surface area contributed by atoms with E-state index in [0.717, 1.165) is 24.1 Å². The van der Waals surface area contributed by atoms with Crippen LogP contribution in [0.25, 0.3) is 0 Å². The first-order valence-corrected chi connectivity index (χ1v) is 7.46. The minimum Gasteiger partial charge on any atom is -0.391 e. The fraction of sp³-hybridized carbons (Fsp3) is 0.562. The molecule has 1 atom stereocenters. The number of fused-ring (bicyclic) bond motifs is 1. The largest absolute Gasteiger partial charge is 0.391 e. The average Bonchev–Trinajstić information content (AvgIpc) is 2.42. The maximum absolute atomic E-state index is 13.5. The van der Waals surface area contributed by atoms with Gasteiger partial charge in [-0.25, -0.2) is 4.39 Å². The molecule has 0 saturated carbocycles. The predicted octanol–water partition coefficient (Wildman–Crippen LogP) is 2.16. The third-order valence-corrected chi connectivity index (χ3v) is 3.86. The van der Waals surface area contributed by atoms with Crippen molar-refractivity contribution in [1.82, 2.24) is 4.90 Å². The SMILES string of the molecule is CCCC(O)CN1CCC(=O)N(C)Cc2cc(F)ccc21. The van der Waals surface area contributed by atoms with Crippen molar-refractivity contribution in [3.63, 3.8) is 0 Å². The smallest absolute Gasteiger partial charge is 0.224 e. The van der Waals surface area contributed by atoms with Crippen LogP contribution in [0.3, 0.4) is 0 Å². The van der Waals surface area contributed by atoms with Gasteiger partial charge in [0, 0.05) is 38.8 Å². The lowest BCUT2D eigenvalue weighted by molar-refractivity contribution is -0.130. The van der Waals surface area contributed by atoms with Gasteiger partial charge in [-0.15, -0.1) is 0 Å². The molecule has 0 radical (unpaired) electrons. The number of benzene rings is 1. The molecule has 0 saturated heterocycles. The minimum absolute atomic E-state index is 0.0416. The number of aliphatic hydroxyl groups is 1. The van der Waals surface area contributed by atoms with Crippen LogP contribution >= 0.6 is 0 Å². The van der Waals surface area contributed by atoms with Crippen LogP contribution in [-0.2, 0) is 11.3 Å². The first-order chi connectivity index (χ1) is 10.0. The summed E-state index contributed by atoms with van der Waals surface area (Å²) in [5.41, 5.74) is 1.69. The van der Waals surface area contributed by atoms with Crippen LogP contribution in [0.1, 0.15) is 31.7 Å². The van der Waals surface area contributed by atoms with Crippen molar-refractivity contribution in [3.8, 4) is 0 Å². The average molecular weight is 294 g/mol. The first kappa shape index (κ1) is 15.8. The van der Waals surface area contributed by atoms with Crippen molar-refractivity contribution < 1.29 is 14.3 Å². The molecule has 1 N–H and O–H groups in total. The minimum atomic E-state index is -0.430. The number of amides is 1. The maximum atomic E-state index is 13.5. The van der Waals surface area contributed by atoms with E-state index in [-0.39, 0.29) is 11.7 Å². The second kappa shape index (κ2) is 6.89. The number of aliphatic hydroxyl groups excluding tert-OH is 1. The van der Waals surface area contributed by atoms with E-state index in [1.54, 1.807) is 18.0 Å². The highest BCUT2D eigenvalue weighted by molar-refractivity contribution is 5.77. The van der Waals surface area contributed by atoms with Gasteiger partial charge in [0.2, 0.25) is 5.91 Å². The monoisotopic (exact) mass is 294 g/mol. The van der Waals surface area contributed by atoms with Gasteiger partial charge < -0.3 is 14.9 Å². The zero-order chi connectivity index (χ0) is 15.4. The molecule has 21 heavy (non-hydrogen) atoms. The van der Waals surface area contributed by atoms with Crippen LogP contribution in [0.2, 0.25) is 0 Å². The molecule has 2 rings (SSSR count). The molecule has 0 aliphatic carbocycles. The second-order valence-corrected chi connectivity index (χ2v) is 5.66. The molecule has 0 bridgehead atoms. The number of carbonyl (C=O) groups is 1. The zero-order valence-electron chi connectivity index (χ0n) is 12.7. The fourth-order valence-electron chi connectivity index (χ4n) is 2.74. The van der Waals surface area contributed by atoms with Gasteiger partial charge in [-0.05, 0) is 30.2 Å². The summed E-state index contributed by atoms with van der Waals surface area (Å²) in [6.45, 7) is 3.44.